The summed E-state index contributed by atoms with van der Waals surface area (Å²) < 4.78 is 58.2. The van der Waals surface area contributed by atoms with Crippen LogP contribution in [0, 0.1) is 17.5 Å². The van der Waals surface area contributed by atoms with Crippen LogP contribution in [0.25, 0.3) is 22.1 Å². The monoisotopic (exact) mass is 390 g/mol. The highest BCUT2D eigenvalue weighted by molar-refractivity contribution is 6.01. The number of hydrogen-bond acceptors (Lipinski definition) is 4. The molecule has 3 aromatic rings. The summed E-state index contributed by atoms with van der Waals surface area (Å²) >= 11 is 0. The fourth-order valence-electron chi connectivity index (χ4n) is 3.63. The van der Waals surface area contributed by atoms with Crippen molar-refractivity contribution in [2.45, 2.75) is 25.4 Å². The molecule has 0 aliphatic carbocycles. The number of esters is 1. The van der Waals surface area contributed by atoms with Crippen LogP contribution in [-0.2, 0) is 9.47 Å². The molecule has 0 radical (unpaired) electrons. The zero-order chi connectivity index (χ0) is 19.8. The van der Waals surface area contributed by atoms with Crippen LogP contribution in [0.1, 0.15) is 41.5 Å². The molecule has 0 N–H and O–H groups in total. The average molecular weight is 390 g/mol. The first-order chi connectivity index (χ1) is 13.5. The molecule has 2 aromatic carbocycles. The van der Waals surface area contributed by atoms with Crippen molar-refractivity contribution in [1.29, 1.82) is 0 Å². The number of rotatable bonds is 3. The van der Waals surface area contributed by atoms with Crippen LogP contribution in [0.2, 0.25) is 0 Å². The van der Waals surface area contributed by atoms with E-state index in [4.69, 9.17) is 13.9 Å². The van der Waals surface area contributed by atoms with Crippen molar-refractivity contribution in [3.63, 3.8) is 0 Å². The fourth-order valence-corrected chi connectivity index (χ4v) is 3.63. The Labute approximate surface area is 158 Å². The molecule has 1 unspecified atom stereocenters. The van der Waals surface area contributed by atoms with E-state index >= 15 is 0 Å². The van der Waals surface area contributed by atoms with Gasteiger partial charge in [-0.2, -0.15) is 0 Å². The summed E-state index contributed by atoms with van der Waals surface area (Å²) in [5.74, 6) is -4.16. The van der Waals surface area contributed by atoms with Gasteiger partial charge >= 0.3 is 5.97 Å². The lowest BCUT2D eigenvalue weighted by molar-refractivity contribution is 0.0135. The molecular weight excluding hydrogens is 373 g/mol. The molecule has 0 bridgehead atoms. The molecular formula is C21H17F3O4. The van der Waals surface area contributed by atoms with Crippen molar-refractivity contribution < 1.29 is 31.9 Å². The van der Waals surface area contributed by atoms with Gasteiger partial charge < -0.3 is 13.9 Å². The van der Waals surface area contributed by atoms with Crippen LogP contribution in [0.3, 0.4) is 0 Å². The molecule has 1 aromatic heterocycles. The number of fused-ring (bicyclic) bond motifs is 1. The van der Waals surface area contributed by atoms with Crippen molar-refractivity contribution in [2.75, 3.05) is 13.7 Å². The first kappa shape index (κ1) is 18.6. The van der Waals surface area contributed by atoms with Gasteiger partial charge in [0.15, 0.2) is 11.6 Å². The molecule has 28 heavy (non-hydrogen) atoms. The van der Waals surface area contributed by atoms with E-state index < -0.39 is 23.4 Å². The standard InChI is InChI=1S/C21H17F3O4/c1-26-21(25)20-17(16-7-2-3-8-27-16)13-6-4-5-12(19(13)28-20)14-9-11(22)10-15(23)18(14)24/h4-6,9-10,16H,2-3,7-8H2,1H3. The number of ether oxygens (including phenoxy) is 2. The number of methoxy groups -OCH3 is 1. The summed E-state index contributed by atoms with van der Waals surface area (Å²) in [5.41, 5.74) is 0.515. The Bertz CT molecular complexity index is 1050. The lowest BCUT2D eigenvalue weighted by Gasteiger charge is -2.22. The van der Waals surface area contributed by atoms with Gasteiger partial charge in [-0.25, -0.2) is 18.0 Å². The quantitative estimate of drug-likeness (QED) is 0.435. The van der Waals surface area contributed by atoms with Gasteiger partial charge in [0.25, 0.3) is 0 Å². The zero-order valence-electron chi connectivity index (χ0n) is 15.1. The van der Waals surface area contributed by atoms with Gasteiger partial charge in [0.05, 0.1) is 13.2 Å². The van der Waals surface area contributed by atoms with Gasteiger partial charge in [-0.05, 0) is 25.3 Å². The lowest BCUT2D eigenvalue weighted by Crippen LogP contribution is -2.14. The van der Waals surface area contributed by atoms with Crippen molar-refractivity contribution >= 4 is 16.9 Å². The Hall–Kier alpha value is -2.80. The summed E-state index contributed by atoms with van der Waals surface area (Å²) in [6.07, 6.45) is 2.14. The van der Waals surface area contributed by atoms with E-state index in [1.54, 1.807) is 12.1 Å². The number of carbonyl (C=O) groups excluding carboxylic acids is 1. The molecule has 0 amide bonds. The largest absolute Gasteiger partial charge is 0.463 e. The van der Waals surface area contributed by atoms with Crippen LogP contribution in [0.4, 0.5) is 13.2 Å². The number of para-hydroxylation sites is 1. The summed E-state index contributed by atoms with van der Waals surface area (Å²) in [5, 5.41) is 0.522. The maximum Gasteiger partial charge on any atom is 0.374 e. The second-order valence-electron chi connectivity index (χ2n) is 6.62. The minimum absolute atomic E-state index is 0.0471. The summed E-state index contributed by atoms with van der Waals surface area (Å²) in [6.45, 7) is 0.543. The first-order valence-corrected chi connectivity index (χ1v) is 8.91. The molecule has 1 atom stereocenters. The number of hydrogen-bond donors (Lipinski definition) is 0. The molecule has 146 valence electrons. The molecule has 1 saturated heterocycles. The van der Waals surface area contributed by atoms with E-state index in [1.165, 1.54) is 13.2 Å². The Morgan fingerprint density at radius 2 is 1.96 bits per heavy atom. The molecule has 4 rings (SSSR count). The molecule has 4 nitrogen and oxygen atoms in total. The molecule has 7 heteroatoms. The predicted octanol–water partition coefficient (Wildman–Crippen LogP) is 5.55. The van der Waals surface area contributed by atoms with Gasteiger partial charge in [-0.1, -0.05) is 18.2 Å². The molecule has 0 saturated carbocycles. The Kier molecular flexibility index (Phi) is 4.85. The maximum absolute atomic E-state index is 14.4. The second-order valence-corrected chi connectivity index (χ2v) is 6.62. The smallest absolute Gasteiger partial charge is 0.374 e. The van der Waals surface area contributed by atoms with E-state index in [-0.39, 0.29) is 28.6 Å². The van der Waals surface area contributed by atoms with Crippen LogP contribution in [0.15, 0.2) is 34.7 Å². The van der Waals surface area contributed by atoms with E-state index in [0.29, 0.717) is 30.0 Å². The minimum Gasteiger partial charge on any atom is -0.463 e. The molecule has 1 fully saturated rings. The topological polar surface area (TPSA) is 48.7 Å². The SMILES string of the molecule is COC(=O)c1oc2c(-c3cc(F)cc(F)c3F)cccc2c1C1CCCCO1. The molecule has 0 spiro atoms. The molecule has 1 aliphatic heterocycles. The van der Waals surface area contributed by atoms with Crippen molar-refractivity contribution in [1.82, 2.24) is 0 Å². The van der Waals surface area contributed by atoms with Gasteiger partial charge in [0, 0.05) is 34.7 Å². The highest BCUT2D eigenvalue weighted by atomic mass is 19.2. The zero-order valence-corrected chi connectivity index (χ0v) is 15.1. The average Bonchev–Trinajstić information content (AvgIpc) is 3.10. The third-order valence-electron chi connectivity index (χ3n) is 4.91. The van der Waals surface area contributed by atoms with Gasteiger partial charge in [-0.15, -0.1) is 0 Å². The summed E-state index contributed by atoms with van der Waals surface area (Å²) in [7, 11) is 1.23. The first-order valence-electron chi connectivity index (χ1n) is 8.91. The van der Waals surface area contributed by atoms with E-state index in [9.17, 15) is 18.0 Å². The van der Waals surface area contributed by atoms with Crippen LogP contribution in [-0.4, -0.2) is 19.7 Å². The number of furan rings is 1. The van der Waals surface area contributed by atoms with Crippen LogP contribution in [0.5, 0.6) is 0 Å². The summed E-state index contributed by atoms with van der Waals surface area (Å²) in [6, 6.07) is 6.17. The Morgan fingerprint density at radius 1 is 1.14 bits per heavy atom. The Morgan fingerprint density at radius 3 is 2.68 bits per heavy atom. The maximum atomic E-state index is 14.4. The normalized spacial score (nSPS) is 17.1. The van der Waals surface area contributed by atoms with Crippen molar-refractivity contribution in [2.24, 2.45) is 0 Å². The number of halogens is 3. The van der Waals surface area contributed by atoms with Gasteiger partial charge in [-0.3, -0.25) is 0 Å². The highest BCUT2D eigenvalue weighted by Gasteiger charge is 2.31. The minimum atomic E-state index is -1.30. The van der Waals surface area contributed by atoms with Gasteiger partial charge in [0.2, 0.25) is 5.76 Å². The second kappa shape index (κ2) is 7.31. The van der Waals surface area contributed by atoms with Crippen LogP contribution >= 0.6 is 0 Å². The molecule has 1 aliphatic rings. The third-order valence-corrected chi connectivity index (χ3v) is 4.91. The van der Waals surface area contributed by atoms with E-state index in [1.807, 2.05) is 0 Å². The molecule has 2 heterocycles. The predicted molar refractivity (Wildman–Crippen MR) is 95.4 cm³/mol. The van der Waals surface area contributed by atoms with Gasteiger partial charge in [0.1, 0.15) is 11.4 Å². The third kappa shape index (κ3) is 3.05. The van der Waals surface area contributed by atoms with Crippen molar-refractivity contribution in [3.8, 4) is 11.1 Å². The lowest BCUT2D eigenvalue weighted by atomic mass is 9.96. The fraction of sp³-hybridized carbons (Fsp3) is 0.286. The van der Waals surface area contributed by atoms with Crippen LogP contribution < -0.4 is 0 Å². The highest BCUT2D eigenvalue weighted by Crippen LogP contribution is 2.41. The number of benzene rings is 2. The van der Waals surface area contributed by atoms with Crippen molar-refractivity contribution in [3.05, 3.63) is 59.1 Å². The summed E-state index contributed by atoms with van der Waals surface area (Å²) in [4.78, 5) is 12.3. The Balaban J connectivity index is 1.99. The van der Waals surface area contributed by atoms with E-state index in [2.05, 4.69) is 0 Å². The van der Waals surface area contributed by atoms with E-state index in [0.717, 1.165) is 18.9 Å². The number of carbonyl (C=O) groups is 1.